The summed E-state index contributed by atoms with van der Waals surface area (Å²) in [5.41, 5.74) is 1.86. The SMILES string of the molecule is CSC(CNc1ccc(S(N)(=O)=O)cc1C#N)c1cccc(Cl)c1. The maximum Gasteiger partial charge on any atom is 0.238 e. The average Bonchev–Trinajstić information content (AvgIpc) is 2.54. The molecule has 2 rings (SSSR count). The minimum absolute atomic E-state index is 0.0825. The van der Waals surface area contributed by atoms with Crippen LogP contribution in [0.1, 0.15) is 16.4 Å². The molecule has 0 aliphatic rings. The van der Waals surface area contributed by atoms with Gasteiger partial charge < -0.3 is 5.32 Å². The molecule has 0 aliphatic carbocycles. The fourth-order valence-corrected chi connectivity index (χ4v) is 3.60. The molecule has 24 heavy (non-hydrogen) atoms. The molecule has 0 amide bonds. The number of rotatable bonds is 6. The topological polar surface area (TPSA) is 96.0 Å². The molecule has 5 nitrogen and oxygen atoms in total. The molecule has 0 fully saturated rings. The van der Waals surface area contributed by atoms with Gasteiger partial charge in [0.15, 0.2) is 0 Å². The Morgan fingerprint density at radius 3 is 2.67 bits per heavy atom. The zero-order valence-corrected chi connectivity index (χ0v) is 15.3. The average molecular weight is 382 g/mol. The van der Waals surface area contributed by atoms with Crippen LogP contribution >= 0.6 is 23.4 Å². The summed E-state index contributed by atoms with van der Waals surface area (Å²) in [6, 6.07) is 13.8. The lowest BCUT2D eigenvalue weighted by atomic mass is 10.1. The van der Waals surface area contributed by atoms with E-state index in [-0.39, 0.29) is 15.7 Å². The highest BCUT2D eigenvalue weighted by atomic mass is 35.5. The van der Waals surface area contributed by atoms with Gasteiger partial charge in [-0.3, -0.25) is 0 Å². The largest absolute Gasteiger partial charge is 0.383 e. The number of primary sulfonamides is 1. The van der Waals surface area contributed by atoms with Crippen LogP contribution in [0.5, 0.6) is 0 Å². The monoisotopic (exact) mass is 381 g/mol. The van der Waals surface area contributed by atoms with Crippen molar-refractivity contribution in [2.75, 3.05) is 18.1 Å². The maximum absolute atomic E-state index is 11.4. The molecule has 0 saturated heterocycles. The van der Waals surface area contributed by atoms with Crippen molar-refractivity contribution < 1.29 is 8.42 Å². The number of nitrogens with one attached hydrogen (secondary N) is 1. The molecule has 2 aromatic rings. The smallest absolute Gasteiger partial charge is 0.238 e. The van der Waals surface area contributed by atoms with Crippen molar-refractivity contribution in [1.29, 1.82) is 5.26 Å². The van der Waals surface area contributed by atoms with Crippen LogP contribution in [-0.4, -0.2) is 21.2 Å². The fraction of sp³-hybridized carbons (Fsp3) is 0.188. The van der Waals surface area contributed by atoms with Crippen molar-refractivity contribution in [1.82, 2.24) is 0 Å². The number of nitrogens with two attached hydrogens (primary N) is 1. The van der Waals surface area contributed by atoms with E-state index in [0.717, 1.165) is 5.56 Å². The van der Waals surface area contributed by atoms with Gasteiger partial charge in [-0.25, -0.2) is 13.6 Å². The van der Waals surface area contributed by atoms with Gasteiger partial charge in [0.05, 0.1) is 16.1 Å². The van der Waals surface area contributed by atoms with E-state index in [1.165, 1.54) is 12.1 Å². The molecule has 1 atom stereocenters. The predicted molar refractivity (Wildman–Crippen MR) is 98.7 cm³/mol. The summed E-state index contributed by atoms with van der Waals surface area (Å²) in [6.07, 6.45) is 1.99. The number of nitrogens with zero attached hydrogens (tertiary/aromatic N) is 1. The summed E-state index contributed by atoms with van der Waals surface area (Å²) >= 11 is 7.68. The normalized spacial score (nSPS) is 12.4. The van der Waals surface area contributed by atoms with Crippen LogP contribution in [0, 0.1) is 11.3 Å². The van der Waals surface area contributed by atoms with E-state index in [0.29, 0.717) is 17.3 Å². The highest BCUT2D eigenvalue weighted by Gasteiger charge is 2.14. The van der Waals surface area contributed by atoms with Crippen LogP contribution in [0.4, 0.5) is 5.69 Å². The summed E-state index contributed by atoms with van der Waals surface area (Å²) in [5.74, 6) is 0. The molecule has 0 heterocycles. The van der Waals surface area contributed by atoms with Gasteiger partial charge in [0.1, 0.15) is 6.07 Å². The van der Waals surface area contributed by atoms with Gasteiger partial charge in [0, 0.05) is 16.8 Å². The van der Waals surface area contributed by atoms with Gasteiger partial charge >= 0.3 is 0 Å². The zero-order valence-electron chi connectivity index (χ0n) is 12.9. The van der Waals surface area contributed by atoms with Crippen LogP contribution in [0.3, 0.4) is 0 Å². The van der Waals surface area contributed by atoms with E-state index in [4.69, 9.17) is 16.7 Å². The summed E-state index contributed by atoms with van der Waals surface area (Å²) < 4.78 is 22.7. The lowest BCUT2D eigenvalue weighted by Crippen LogP contribution is -2.14. The number of nitriles is 1. The molecule has 0 spiro atoms. The Morgan fingerprint density at radius 1 is 1.33 bits per heavy atom. The molecule has 126 valence electrons. The van der Waals surface area contributed by atoms with Crippen molar-refractivity contribution >= 4 is 39.1 Å². The molecule has 1 unspecified atom stereocenters. The number of anilines is 1. The van der Waals surface area contributed by atoms with Crippen LogP contribution < -0.4 is 10.5 Å². The van der Waals surface area contributed by atoms with Crippen molar-refractivity contribution in [3.63, 3.8) is 0 Å². The van der Waals surface area contributed by atoms with Crippen LogP contribution in [0.2, 0.25) is 5.02 Å². The second-order valence-corrected chi connectivity index (χ2v) is 8.06. The molecular formula is C16H16ClN3O2S2. The Kier molecular flexibility index (Phi) is 6.13. The molecular weight excluding hydrogens is 366 g/mol. The second-order valence-electron chi connectivity index (χ2n) is 5.02. The number of halogens is 1. The summed E-state index contributed by atoms with van der Waals surface area (Å²) in [5, 5.41) is 18.3. The molecule has 0 saturated carbocycles. The van der Waals surface area contributed by atoms with Gasteiger partial charge in [-0.05, 0) is 42.2 Å². The minimum Gasteiger partial charge on any atom is -0.383 e. The van der Waals surface area contributed by atoms with Gasteiger partial charge in [-0.15, -0.1) is 0 Å². The molecule has 8 heteroatoms. The second kappa shape index (κ2) is 7.90. The number of sulfonamides is 1. The molecule has 0 radical (unpaired) electrons. The van der Waals surface area contributed by atoms with Gasteiger partial charge in [0.2, 0.25) is 10.0 Å². The maximum atomic E-state index is 11.4. The highest BCUT2D eigenvalue weighted by molar-refractivity contribution is 7.98. The first-order valence-corrected chi connectivity index (χ1v) is 10.2. The minimum atomic E-state index is -3.83. The summed E-state index contributed by atoms with van der Waals surface area (Å²) in [4.78, 5) is -0.0825. The number of benzene rings is 2. The Labute approximate surface area is 150 Å². The summed E-state index contributed by atoms with van der Waals surface area (Å²) in [7, 11) is -3.83. The Morgan fingerprint density at radius 2 is 2.08 bits per heavy atom. The molecule has 2 aromatic carbocycles. The molecule has 0 aromatic heterocycles. The Bertz CT molecular complexity index is 879. The molecule has 3 N–H and O–H groups in total. The van der Waals surface area contributed by atoms with Crippen molar-refractivity contribution in [3.8, 4) is 6.07 Å². The quantitative estimate of drug-likeness (QED) is 0.799. The van der Waals surface area contributed by atoms with E-state index in [1.807, 2.05) is 36.6 Å². The summed E-state index contributed by atoms with van der Waals surface area (Å²) in [6.45, 7) is 0.560. The van der Waals surface area contributed by atoms with Gasteiger partial charge in [-0.1, -0.05) is 23.7 Å². The predicted octanol–water partition coefficient (Wildman–Crippen LogP) is 3.38. The Hall–Kier alpha value is -1.72. The highest BCUT2D eigenvalue weighted by Crippen LogP contribution is 2.29. The van der Waals surface area contributed by atoms with Crippen LogP contribution in [-0.2, 0) is 10.0 Å². The van der Waals surface area contributed by atoms with E-state index in [1.54, 1.807) is 17.8 Å². The van der Waals surface area contributed by atoms with Crippen molar-refractivity contribution in [2.24, 2.45) is 5.14 Å². The third kappa shape index (κ3) is 4.65. The van der Waals surface area contributed by atoms with Crippen molar-refractivity contribution in [2.45, 2.75) is 10.1 Å². The van der Waals surface area contributed by atoms with E-state index < -0.39 is 10.0 Å². The van der Waals surface area contributed by atoms with E-state index in [9.17, 15) is 13.7 Å². The number of hydrogen-bond acceptors (Lipinski definition) is 5. The molecule has 0 bridgehead atoms. The first kappa shape index (κ1) is 18.6. The number of thioether (sulfide) groups is 1. The number of hydrogen-bond donors (Lipinski definition) is 2. The van der Waals surface area contributed by atoms with Gasteiger partial charge in [-0.2, -0.15) is 17.0 Å². The standard InChI is InChI=1S/C16H16ClN3O2S2/c1-23-16(11-3-2-4-13(17)7-11)10-20-15-6-5-14(24(19,21)22)8-12(15)9-18/h2-8,16,20H,10H2,1H3,(H2,19,21,22). The van der Waals surface area contributed by atoms with Crippen molar-refractivity contribution in [3.05, 3.63) is 58.6 Å². The lowest BCUT2D eigenvalue weighted by Gasteiger charge is -2.17. The fourth-order valence-electron chi connectivity index (χ4n) is 2.19. The Balaban J connectivity index is 2.20. The van der Waals surface area contributed by atoms with Crippen LogP contribution in [0.25, 0.3) is 0 Å². The lowest BCUT2D eigenvalue weighted by molar-refractivity contribution is 0.598. The first-order chi connectivity index (χ1) is 11.3. The van der Waals surface area contributed by atoms with Crippen LogP contribution in [0.15, 0.2) is 47.4 Å². The third-order valence-corrected chi connectivity index (χ3v) is 5.58. The van der Waals surface area contributed by atoms with Gasteiger partial charge in [0.25, 0.3) is 0 Å². The van der Waals surface area contributed by atoms with E-state index >= 15 is 0 Å². The van der Waals surface area contributed by atoms with E-state index in [2.05, 4.69) is 5.32 Å². The third-order valence-electron chi connectivity index (χ3n) is 3.42. The molecule has 0 aliphatic heterocycles. The zero-order chi connectivity index (χ0) is 17.7. The first-order valence-electron chi connectivity index (χ1n) is 6.94.